The summed E-state index contributed by atoms with van der Waals surface area (Å²) in [6, 6.07) is 6.26. The van der Waals surface area contributed by atoms with E-state index < -0.39 is 0 Å². The lowest BCUT2D eigenvalue weighted by atomic mass is 10.1. The van der Waals surface area contributed by atoms with E-state index >= 15 is 0 Å². The van der Waals surface area contributed by atoms with E-state index in [2.05, 4.69) is 32.5 Å². The first kappa shape index (κ1) is 18.3. The molecule has 0 radical (unpaired) electrons. The van der Waals surface area contributed by atoms with Crippen LogP contribution in [0.25, 0.3) is 0 Å². The van der Waals surface area contributed by atoms with Crippen LogP contribution in [0.5, 0.6) is 0 Å². The molecule has 1 aliphatic heterocycles. The Morgan fingerprint density at radius 3 is 2.89 bits per heavy atom. The van der Waals surface area contributed by atoms with Gasteiger partial charge >= 0.3 is 0 Å². The van der Waals surface area contributed by atoms with Gasteiger partial charge in [-0.1, -0.05) is 17.8 Å². The van der Waals surface area contributed by atoms with Crippen LogP contribution in [0.2, 0.25) is 0 Å². The molecular weight excluding hydrogens is 362 g/mol. The lowest BCUT2D eigenvalue weighted by Gasteiger charge is -2.27. The average molecular weight is 388 g/mol. The van der Waals surface area contributed by atoms with E-state index in [9.17, 15) is 4.79 Å². The second-order valence-corrected chi connectivity index (χ2v) is 7.99. The zero-order valence-electron chi connectivity index (χ0n) is 15.6. The summed E-state index contributed by atoms with van der Waals surface area (Å²) >= 11 is 1.56. The molecule has 4 rings (SSSR count). The molecule has 0 saturated carbocycles. The molecule has 144 valence electrons. The number of morpholine rings is 1. The molecule has 2 aliphatic rings. The molecule has 1 aromatic carbocycles. The van der Waals surface area contributed by atoms with Crippen LogP contribution >= 0.6 is 11.8 Å². The molecule has 0 unspecified atom stereocenters. The molecule has 8 heteroatoms. The molecule has 1 aliphatic carbocycles. The van der Waals surface area contributed by atoms with Gasteiger partial charge in [-0.2, -0.15) is 0 Å². The summed E-state index contributed by atoms with van der Waals surface area (Å²) in [6.45, 7) is 3.11. The SMILES string of the molecule is Cn1c(SCCC(=O)Nc2ccc3c(c2)CCC3)nnc1N1CCOCC1. The summed E-state index contributed by atoms with van der Waals surface area (Å²) in [7, 11) is 1.97. The summed E-state index contributed by atoms with van der Waals surface area (Å²) in [5, 5.41) is 12.4. The van der Waals surface area contributed by atoms with Gasteiger partial charge < -0.3 is 15.0 Å². The minimum absolute atomic E-state index is 0.0380. The van der Waals surface area contributed by atoms with Gasteiger partial charge in [-0.3, -0.25) is 9.36 Å². The molecule has 1 fully saturated rings. The zero-order chi connectivity index (χ0) is 18.6. The molecule has 7 nitrogen and oxygen atoms in total. The summed E-state index contributed by atoms with van der Waals surface area (Å²) in [6.07, 6.45) is 3.94. The van der Waals surface area contributed by atoms with Crippen molar-refractivity contribution in [2.45, 2.75) is 30.8 Å². The zero-order valence-corrected chi connectivity index (χ0v) is 16.4. The van der Waals surface area contributed by atoms with Crippen molar-refractivity contribution in [1.82, 2.24) is 14.8 Å². The normalized spacial score (nSPS) is 16.4. The number of nitrogens with one attached hydrogen (secondary N) is 1. The first-order valence-electron chi connectivity index (χ1n) is 9.47. The van der Waals surface area contributed by atoms with Gasteiger partial charge in [-0.25, -0.2) is 0 Å². The Morgan fingerprint density at radius 1 is 1.22 bits per heavy atom. The van der Waals surface area contributed by atoms with Crippen molar-refractivity contribution in [2.24, 2.45) is 7.05 Å². The maximum Gasteiger partial charge on any atom is 0.227 e. The number of ether oxygens (including phenoxy) is 1. The molecule has 1 N–H and O–H groups in total. The van der Waals surface area contributed by atoms with E-state index in [-0.39, 0.29) is 5.91 Å². The first-order valence-corrected chi connectivity index (χ1v) is 10.5. The largest absolute Gasteiger partial charge is 0.378 e. The number of carbonyl (C=O) groups excluding carboxylic acids is 1. The van der Waals surface area contributed by atoms with Crippen LogP contribution in [0.1, 0.15) is 24.0 Å². The predicted molar refractivity (Wildman–Crippen MR) is 106 cm³/mol. The highest BCUT2D eigenvalue weighted by atomic mass is 32.2. The number of nitrogens with zero attached hydrogens (tertiary/aromatic N) is 4. The highest BCUT2D eigenvalue weighted by Crippen LogP contribution is 2.25. The molecule has 0 atom stereocenters. The first-order chi connectivity index (χ1) is 13.2. The molecule has 0 spiro atoms. The van der Waals surface area contributed by atoms with Gasteiger partial charge in [0.2, 0.25) is 11.9 Å². The van der Waals surface area contributed by atoms with Crippen molar-refractivity contribution in [3.63, 3.8) is 0 Å². The van der Waals surface area contributed by atoms with E-state index in [1.807, 2.05) is 17.7 Å². The summed E-state index contributed by atoms with van der Waals surface area (Å²) in [5.74, 6) is 1.57. The Hall–Kier alpha value is -2.06. The number of benzene rings is 1. The van der Waals surface area contributed by atoms with Gasteiger partial charge in [0.15, 0.2) is 5.16 Å². The summed E-state index contributed by atoms with van der Waals surface area (Å²) < 4.78 is 7.38. The number of hydrogen-bond acceptors (Lipinski definition) is 6. The van der Waals surface area contributed by atoms with Crippen molar-refractivity contribution in [3.05, 3.63) is 29.3 Å². The standard InChI is InChI=1S/C19H25N5O2S/c1-23-18(24-8-10-26-11-9-24)21-22-19(23)27-12-7-17(25)20-16-6-5-14-3-2-4-15(14)13-16/h5-6,13H,2-4,7-12H2,1H3,(H,20,25). The highest BCUT2D eigenvalue weighted by Gasteiger charge is 2.18. The number of rotatable bonds is 6. The molecule has 2 heterocycles. The molecule has 1 amide bonds. The molecule has 27 heavy (non-hydrogen) atoms. The van der Waals surface area contributed by atoms with Gasteiger partial charge in [0, 0.05) is 38.0 Å². The quantitative estimate of drug-likeness (QED) is 0.767. The van der Waals surface area contributed by atoms with Gasteiger partial charge in [0.1, 0.15) is 0 Å². The average Bonchev–Trinajstić information content (AvgIpc) is 3.29. The lowest BCUT2D eigenvalue weighted by Crippen LogP contribution is -2.37. The monoisotopic (exact) mass is 387 g/mol. The Bertz CT molecular complexity index is 816. The third kappa shape index (κ3) is 4.27. The molecule has 1 saturated heterocycles. The maximum atomic E-state index is 12.3. The van der Waals surface area contributed by atoms with Crippen molar-refractivity contribution in [1.29, 1.82) is 0 Å². The number of thioether (sulfide) groups is 1. The van der Waals surface area contributed by atoms with Crippen LogP contribution < -0.4 is 10.2 Å². The fourth-order valence-electron chi connectivity index (χ4n) is 3.58. The molecule has 1 aromatic heterocycles. The Labute approximate surface area is 163 Å². The van der Waals surface area contributed by atoms with E-state index in [0.29, 0.717) is 12.2 Å². The van der Waals surface area contributed by atoms with Gasteiger partial charge in [0.05, 0.1) is 13.2 Å². The number of amides is 1. The number of fused-ring (bicyclic) bond motifs is 1. The van der Waals surface area contributed by atoms with E-state index in [4.69, 9.17) is 4.74 Å². The van der Waals surface area contributed by atoms with Crippen LogP contribution in [-0.4, -0.2) is 52.7 Å². The summed E-state index contributed by atoms with van der Waals surface area (Å²) in [4.78, 5) is 14.4. The van der Waals surface area contributed by atoms with Crippen molar-refractivity contribution < 1.29 is 9.53 Å². The maximum absolute atomic E-state index is 12.3. The minimum Gasteiger partial charge on any atom is -0.378 e. The second-order valence-electron chi connectivity index (χ2n) is 6.92. The van der Waals surface area contributed by atoms with E-state index in [0.717, 1.165) is 55.9 Å². The number of carbonyl (C=O) groups is 1. The Morgan fingerprint density at radius 2 is 2.04 bits per heavy atom. The van der Waals surface area contributed by atoms with Gasteiger partial charge in [-0.05, 0) is 42.5 Å². The second kappa shape index (κ2) is 8.31. The van der Waals surface area contributed by atoms with Crippen LogP contribution in [0.3, 0.4) is 0 Å². The van der Waals surface area contributed by atoms with E-state index in [1.165, 1.54) is 17.5 Å². The topological polar surface area (TPSA) is 72.3 Å². The van der Waals surface area contributed by atoms with Crippen LogP contribution in [0, 0.1) is 0 Å². The van der Waals surface area contributed by atoms with E-state index in [1.54, 1.807) is 11.8 Å². The number of aryl methyl sites for hydroxylation is 2. The smallest absolute Gasteiger partial charge is 0.227 e. The highest BCUT2D eigenvalue weighted by molar-refractivity contribution is 7.99. The molecular formula is C19H25N5O2S. The van der Waals surface area contributed by atoms with Gasteiger partial charge in [0.25, 0.3) is 0 Å². The molecule has 2 aromatic rings. The predicted octanol–water partition coefficient (Wildman–Crippen LogP) is 2.26. The summed E-state index contributed by atoms with van der Waals surface area (Å²) in [5.41, 5.74) is 3.69. The third-order valence-corrected chi connectivity index (χ3v) is 6.07. The Kier molecular flexibility index (Phi) is 5.63. The van der Waals surface area contributed by atoms with Crippen molar-refractivity contribution in [3.8, 4) is 0 Å². The van der Waals surface area contributed by atoms with Gasteiger partial charge in [-0.15, -0.1) is 10.2 Å². The Balaban J connectivity index is 1.27. The fraction of sp³-hybridized carbons (Fsp3) is 0.526. The number of aromatic nitrogens is 3. The lowest BCUT2D eigenvalue weighted by molar-refractivity contribution is -0.115. The van der Waals surface area contributed by atoms with Crippen LogP contribution in [0.15, 0.2) is 23.4 Å². The number of anilines is 2. The third-order valence-electron chi connectivity index (χ3n) is 5.05. The van der Waals surface area contributed by atoms with Crippen LogP contribution in [-0.2, 0) is 29.4 Å². The van der Waals surface area contributed by atoms with Crippen molar-refractivity contribution in [2.75, 3.05) is 42.3 Å². The fourth-order valence-corrected chi connectivity index (χ4v) is 4.42. The number of hydrogen-bond donors (Lipinski definition) is 1. The van der Waals surface area contributed by atoms with Crippen LogP contribution in [0.4, 0.5) is 11.6 Å². The van der Waals surface area contributed by atoms with Crippen molar-refractivity contribution >= 4 is 29.3 Å². The minimum atomic E-state index is 0.0380. The molecule has 0 bridgehead atoms.